The van der Waals surface area contributed by atoms with Crippen LogP contribution in [0.1, 0.15) is 12.5 Å². The third kappa shape index (κ3) is 2.26. The fourth-order valence-electron chi connectivity index (χ4n) is 0.962. The summed E-state index contributed by atoms with van der Waals surface area (Å²) in [5.41, 5.74) is 6.48. The van der Waals surface area contributed by atoms with Crippen LogP contribution in [0.25, 0.3) is 6.08 Å². The molecule has 0 aliphatic rings. The van der Waals surface area contributed by atoms with Crippen molar-refractivity contribution < 1.29 is 15.0 Å². The normalized spacial score (nSPS) is 11.4. The molecule has 0 atom stereocenters. The van der Waals surface area contributed by atoms with Gasteiger partial charge in [-0.2, -0.15) is 0 Å². The van der Waals surface area contributed by atoms with Crippen LogP contribution in [-0.4, -0.2) is 16.2 Å². The summed E-state index contributed by atoms with van der Waals surface area (Å²) < 4.78 is 0. The van der Waals surface area contributed by atoms with Crippen molar-refractivity contribution in [1.82, 2.24) is 0 Å². The van der Waals surface area contributed by atoms with Crippen LogP contribution in [0.3, 0.4) is 0 Å². The van der Waals surface area contributed by atoms with E-state index in [0.717, 1.165) is 0 Å². The molecule has 0 aliphatic heterocycles. The number of nitrogens with two attached hydrogens (primary N) is 1. The number of aromatic hydroxyl groups is 1. The van der Waals surface area contributed by atoms with Crippen LogP contribution >= 0.6 is 0 Å². The maximum atomic E-state index is 10.5. The molecule has 0 aromatic heterocycles. The van der Waals surface area contributed by atoms with Crippen LogP contribution in [0.4, 0.5) is 5.69 Å². The molecule has 0 radical (unpaired) electrons. The number of phenolic OH excluding ortho intramolecular Hbond substituents is 1. The van der Waals surface area contributed by atoms with Gasteiger partial charge in [0.2, 0.25) is 0 Å². The number of carboxylic acids is 1. The SMILES string of the molecule is C/C(=C\c1ccc(N)c(O)c1)C(=O)O. The Bertz CT molecular complexity index is 396. The van der Waals surface area contributed by atoms with Crippen LogP contribution in [0.5, 0.6) is 5.75 Å². The summed E-state index contributed by atoms with van der Waals surface area (Å²) in [6.07, 6.45) is 1.46. The first-order valence-electron chi connectivity index (χ1n) is 4.01. The van der Waals surface area contributed by atoms with E-state index in [4.69, 9.17) is 10.8 Å². The second-order valence-corrected chi connectivity index (χ2v) is 2.95. The largest absolute Gasteiger partial charge is 0.506 e. The molecule has 0 fully saturated rings. The molecule has 0 saturated heterocycles. The van der Waals surface area contributed by atoms with Gasteiger partial charge in [0, 0.05) is 5.57 Å². The van der Waals surface area contributed by atoms with Crippen molar-refractivity contribution in [2.24, 2.45) is 0 Å². The lowest BCUT2D eigenvalue weighted by atomic mass is 10.1. The van der Waals surface area contributed by atoms with Gasteiger partial charge < -0.3 is 15.9 Å². The second-order valence-electron chi connectivity index (χ2n) is 2.95. The molecule has 1 aromatic rings. The number of aliphatic carboxylic acids is 1. The van der Waals surface area contributed by atoms with Crippen molar-refractivity contribution in [2.75, 3.05) is 5.73 Å². The number of anilines is 1. The van der Waals surface area contributed by atoms with Crippen molar-refractivity contribution in [2.45, 2.75) is 6.92 Å². The molecular weight excluding hydrogens is 182 g/mol. The van der Waals surface area contributed by atoms with Gasteiger partial charge in [-0.15, -0.1) is 0 Å². The highest BCUT2D eigenvalue weighted by atomic mass is 16.4. The predicted molar refractivity (Wildman–Crippen MR) is 53.8 cm³/mol. The average Bonchev–Trinajstić information content (AvgIpc) is 2.11. The van der Waals surface area contributed by atoms with E-state index >= 15 is 0 Å². The maximum absolute atomic E-state index is 10.5. The molecule has 4 nitrogen and oxygen atoms in total. The summed E-state index contributed by atoms with van der Waals surface area (Å²) in [6, 6.07) is 4.58. The Morgan fingerprint density at radius 2 is 2.14 bits per heavy atom. The Hall–Kier alpha value is -1.97. The van der Waals surface area contributed by atoms with E-state index in [0.29, 0.717) is 5.56 Å². The average molecular weight is 193 g/mol. The van der Waals surface area contributed by atoms with E-state index in [1.807, 2.05) is 0 Å². The van der Waals surface area contributed by atoms with E-state index in [2.05, 4.69) is 0 Å². The Labute approximate surface area is 81.3 Å². The molecule has 0 amide bonds. The van der Waals surface area contributed by atoms with Crippen LogP contribution in [0.15, 0.2) is 23.8 Å². The molecule has 0 spiro atoms. The highest BCUT2D eigenvalue weighted by Gasteiger charge is 2.01. The fraction of sp³-hybridized carbons (Fsp3) is 0.100. The van der Waals surface area contributed by atoms with Crippen LogP contribution in [-0.2, 0) is 4.79 Å². The van der Waals surface area contributed by atoms with Gasteiger partial charge in [-0.25, -0.2) is 4.79 Å². The zero-order chi connectivity index (χ0) is 10.7. The zero-order valence-electron chi connectivity index (χ0n) is 7.69. The van der Waals surface area contributed by atoms with Crippen LogP contribution < -0.4 is 5.73 Å². The van der Waals surface area contributed by atoms with Gasteiger partial charge in [-0.3, -0.25) is 0 Å². The Morgan fingerprint density at radius 3 is 2.64 bits per heavy atom. The molecule has 0 unspecified atom stereocenters. The predicted octanol–water partition coefficient (Wildman–Crippen LogP) is 1.46. The molecule has 1 rings (SSSR count). The van der Waals surface area contributed by atoms with Gasteiger partial charge in [0.25, 0.3) is 0 Å². The number of benzene rings is 1. The maximum Gasteiger partial charge on any atom is 0.331 e. The van der Waals surface area contributed by atoms with Gasteiger partial charge >= 0.3 is 5.97 Å². The summed E-state index contributed by atoms with van der Waals surface area (Å²) in [6.45, 7) is 1.48. The molecule has 0 saturated carbocycles. The Morgan fingerprint density at radius 1 is 1.50 bits per heavy atom. The monoisotopic (exact) mass is 193 g/mol. The standard InChI is InChI=1S/C10H11NO3/c1-6(10(13)14)4-7-2-3-8(11)9(12)5-7/h2-5,12H,11H2,1H3,(H,13,14)/b6-4+. The summed E-state index contributed by atoms with van der Waals surface area (Å²) in [5, 5.41) is 17.9. The highest BCUT2D eigenvalue weighted by Crippen LogP contribution is 2.21. The highest BCUT2D eigenvalue weighted by molar-refractivity contribution is 5.91. The fourth-order valence-corrected chi connectivity index (χ4v) is 0.962. The van der Waals surface area contributed by atoms with E-state index in [1.54, 1.807) is 6.07 Å². The number of carbonyl (C=O) groups is 1. The number of hydrogen-bond donors (Lipinski definition) is 3. The lowest BCUT2D eigenvalue weighted by molar-refractivity contribution is -0.132. The number of carboxylic acid groups (broad SMARTS) is 1. The van der Waals surface area contributed by atoms with Crippen molar-refractivity contribution in [3.8, 4) is 5.75 Å². The Kier molecular flexibility index (Phi) is 2.76. The quantitative estimate of drug-likeness (QED) is 0.377. The molecule has 74 valence electrons. The molecular formula is C10H11NO3. The van der Waals surface area contributed by atoms with Gasteiger partial charge in [-0.05, 0) is 30.7 Å². The van der Waals surface area contributed by atoms with Gasteiger partial charge in [0.05, 0.1) is 5.69 Å². The first-order valence-corrected chi connectivity index (χ1v) is 4.01. The number of hydrogen-bond acceptors (Lipinski definition) is 3. The Balaban J connectivity index is 3.04. The molecule has 1 aromatic carbocycles. The van der Waals surface area contributed by atoms with Crippen molar-refractivity contribution in [3.05, 3.63) is 29.3 Å². The summed E-state index contributed by atoms with van der Waals surface area (Å²) in [4.78, 5) is 10.5. The molecule has 14 heavy (non-hydrogen) atoms. The van der Waals surface area contributed by atoms with Crippen LogP contribution in [0.2, 0.25) is 0 Å². The molecule has 4 heteroatoms. The van der Waals surface area contributed by atoms with Crippen molar-refractivity contribution in [1.29, 1.82) is 0 Å². The zero-order valence-corrected chi connectivity index (χ0v) is 7.69. The molecule has 0 bridgehead atoms. The van der Waals surface area contributed by atoms with E-state index in [-0.39, 0.29) is 17.0 Å². The molecule has 0 heterocycles. The lowest BCUT2D eigenvalue weighted by Gasteiger charge is -2.00. The van der Waals surface area contributed by atoms with Crippen molar-refractivity contribution in [3.63, 3.8) is 0 Å². The van der Waals surface area contributed by atoms with E-state index in [9.17, 15) is 9.90 Å². The first kappa shape index (κ1) is 10.1. The van der Waals surface area contributed by atoms with Crippen LogP contribution in [0, 0.1) is 0 Å². The van der Waals surface area contributed by atoms with Gasteiger partial charge in [0.15, 0.2) is 0 Å². The topological polar surface area (TPSA) is 83.5 Å². The number of phenols is 1. The molecule has 4 N–H and O–H groups in total. The minimum atomic E-state index is -0.985. The van der Waals surface area contributed by atoms with E-state index in [1.165, 1.54) is 25.1 Å². The number of rotatable bonds is 2. The van der Waals surface area contributed by atoms with Gasteiger partial charge in [-0.1, -0.05) is 6.07 Å². The minimum Gasteiger partial charge on any atom is -0.506 e. The summed E-state index contributed by atoms with van der Waals surface area (Å²) in [5.74, 6) is -1.03. The third-order valence-electron chi connectivity index (χ3n) is 1.78. The van der Waals surface area contributed by atoms with Crippen molar-refractivity contribution >= 4 is 17.7 Å². The summed E-state index contributed by atoms with van der Waals surface area (Å²) >= 11 is 0. The van der Waals surface area contributed by atoms with E-state index < -0.39 is 5.97 Å². The third-order valence-corrected chi connectivity index (χ3v) is 1.78. The first-order chi connectivity index (χ1) is 6.50. The lowest BCUT2D eigenvalue weighted by Crippen LogP contribution is -1.95. The molecule has 0 aliphatic carbocycles. The smallest absolute Gasteiger partial charge is 0.331 e. The number of nitrogen functional groups attached to an aromatic ring is 1. The van der Waals surface area contributed by atoms with Gasteiger partial charge in [0.1, 0.15) is 5.75 Å². The minimum absolute atomic E-state index is 0.0445. The summed E-state index contributed by atoms with van der Waals surface area (Å²) in [7, 11) is 0. The second kappa shape index (κ2) is 3.83.